The summed E-state index contributed by atoms with van der Waals surface area (Å²) < 4.78 is 5.12. The van der Waals surface area contributed by atoms with Gasteiger partial charge in [0.05, 0.1) is 18.7 Å². The Balaban J connectivity index is 1.77. The van der Waals surface area contributed by atoms with Gasteiger partial charge in [-0.15, -0.1) is 0 Å². The standard InChI is InChI=1S/C21H17NO4/c1-26-15-9-7-14(8-10-15)22-19(24)12-17(21(22)25)20-16-5-3-2-4-13(16)6-11-18(20)23/h2-11,17,23H,12H2,1H3. The van der Waals surface area contributed by atoms with Gasteiger partial charge in [-0.1, -0.05) is 30.3 Å². The number of hydrogen-bond donors (Lipinski definition) is 1. The first-order valence-corrected chi connectivity index (χ1v) is 8.31. The number of amides is 2. The third-order valence-corrected chi connectivity index (χ3v) is 4.77. The molecule has 26 heavy (non-hydrogen) atoms. The van der Waals surface area contributed by atoms with Gasteiger partial charge in [-0.25, -0.2) is 4.90 Å². The molecular weight excluding hydrogens is 330 g/mol. The fourth-order valence-electron chi connectivity index (χ4n) is 3.51. The van der Waals surface area contributed by atoms with E-state index in [4.69, 9.17) is 4.74 Å². The van der Waals surface area contributed by atoms with Crippen LogP contribution in [0.1, 0.15) is 17.9 Å². The Morgan fingerprint density at radius 3 is 2.46 bits per heavy atom. The number of fused-ring (bicyclic) bond motifs is 1. The van der Waals surface area contributed by atoms with E-state index in [9.17, 15) is 14.7 Å². The Labute approximate surface area is 150 Å². The van der Waals surface area contributed by atoms with Crippen molar-refractivity contribution in [3.63, 3.8) is 0 Å². The number of nitrogens with zero attached hydrogens (tertiary/aromatic N) is 1. The van der Waals surface area contributed by atoms with Gasteiger partial charge < -0.3 is 9.84 Å². The maximum atomic E-state index is 13.0. The monoisotopic (exact) mass is 347 g/mol. The first kappa shape index (κ1) is 16.1. The normalized spacial score (nSPS) is 17.1. The Kier molecular flexibility index (Phi) is 3.84. The van der Waals surface area contributed by atoms with Crippen LogP contribution in [-0.2, 0) is 9.59 Å². The van der Waals surface area contributed by atoms with E-state index in [1.165, 1.54) is 4.90 Å². The molecule has 3 aromatic rings. The number of carbonyl (C=O) groups excluding carboxylic acids is 2. The minimum Gasteiger partial charge on any atom is -0.508 e. The Morgan fingerprint density at radius 1 is 1.00 bits per heavy atom. The summed E-state index contributed by atoms with van der Waals surface area (Å²) in [4.78, 5) is 26.8. The zero-order valence-electron chi connectivity index (χ0n) is 14.2. The van der Waals surface area contributed by atoms with Crippen LogP contribution >= 0.6 is 0 Å². The maximum absolute atomic E-state index is 13.0. The number of hydrogen-bond acceptors (Lipinski definition) is 4. The number of rotatable bonds is 3. The molecule has 1 N–H and O–H groups in total. The fourth-order valence-corrected chi connectivity index (χ4v) is 3.51. The predicted octanol–water partition coefficient (Wildman–Crippen LogP) is 3.60. The van der Waals surface area contributed by atoms with E-state index in [2.05, 4.69) is 0 Å². The van der Waals surface area contributed by atoms with Crippen LogP contribution in [-0.4, -0.2) is 24.0 Å². The summed E-state index contributed by atoms with van der Waals surface area (Å²) in [6.45, 7) is 0. The molecule has 1 saturated heterocycles. The van der Waals surface area contributed by atoms with Crippen LogP contribution in [0.15, 0.2) is 60.7 Å². The molecule has 0 bridgehead atoms. The summed E-state index contributed by atoms with van der Waals surface area (Å²) in [6, 6.07) is 17.7. The summed E-state index contributed by atoms with van der Waals surface area (Å²) in [5.41, 5.74) is 1.01. The SMILES string of the molecule is COc1ccc(N2C(=O)CC(c3c(O)ccc4ccccc34)C2=O)cc1. The number of ether oxygens (including phenoxy) is 1. The fraction of sp³-hybridized carbons (Fsp3) is 0.143. The molecule has 0 spiro atoms. The van der Waals surface area contributed by atoms with E-state index in [0.29, 0.717) is 17.0 Å². The Hall–Kier alpha value is -3.34. The largest absolute Gasteiger partial charge is 0.508 e. The number of phenolic OH excluding ortho intramolecular Hbond substituents is 1. The zero-order chi connectivity index (χ0) is 18.3. The molecule has 1 heterocycles. The smallest absolute Gasteiger partial charge is 0.241 e. The highest BCUT2D eigenvalue weighted by Crippen LogP contribution is 2.41. The van der Waals surface area contributed by atoms with E-state index in [-0.39, 0.29) is 24.0 Å². The van der Waals surface area contributed by atoms with Crippen molar-refractivity contribution in [3.8, 4) is 11.5 Å². The van der Waals surface area contributed by atoms with Gasteiger partial charge in [-0.05, 0) is 41.1 Å². The number of aromatic hydroxyl groups is 1. The minimum absolute atomic E-state index is 0.0337. The molecule has 1 aliphatic rings. The van der Waals surface area contributed by atoms with Crippen molar-refractivity contribution in [2.24, 2.45) is 0 Å². The number of imide groups is 1. The van der Waals surface area contributed by atoms with Gasteiger partial charge in [0.15, 0.2) is 0 Å². The maximum Gasteiger partial charge on any atom is 0.241 e. The highest BCUT2D eigenvalue weighted by atomic mass is 16.5. The second kappa shape index (κ2) is 6.19. The molecular formula is C21H17NO4. The molecule has 130 valence electrons. The van der Waals surface area contributed by atoms with Gasteiger partial charge in [-0.3, -0.25) is 9.59 Å². The average molecular weight is 347 g/mol. The average Bonchev–Trinajstić information content (AvgIpc) is 2.95. The predicted molar refractivity (Wildman–Crippen MR) is 98.5 cm³/mol. The first-order valence-electron chi connectivity index (χ1n) is 8.31. The van der Waals surface area contributed by atoms with Crippen molar-refractivity contribution in [2.75, 3.05) is 12.0 Å². The summed E-state index contributed by atoms with van der Waals surface area (Å²) in [5, 5.41) is 12.1. The van der Waals surface area contributed by atoms with Crippen molar-refractivity contribution in [1.82, 2.24) is 0 Å². The van der Waals surface area contributed by atoms with E-state index in [1.54, 1.807) is 43.5 Å². The van der Waals surface area contributed by atoms with Crippen LogP contribution in [0.25, 0.3) is 10.8 Å². The lowest BCUT2D eigenvalue weighted by Gasteiger charge is -2.17. The van der Waals surface area contributed by atoms with Crippen LogP contribution in [0.4, 0.5) is 5.69 Å². The number of methoxy groups -OCH3 is 1. The van der Waals surface area contributed by atoms with Crippen molar-refractivity contribution in [1.29, 1.82) is 0 Å². The number of carbonyl (C=O) groups is 2. The van der Waals surface area contributed by atoms with Crippen LogP contribution in [0.2, 0.25) is 0 Å². The van der Waals surface area contributed by atoms with Crippen molar-refractivity contribution in [3.05, 3.63) is 66.2 Å². The van der Waals surface area contributed by atoms with Crippen molar-refractivity contribution < 1.29 is 19.4 Å². The minimum atomic E-state index is -0.698. The van der Waals surface area contributed by atoms with Crippen molar-refractivity contribution in [2.45, 2.75) is 12.3 Å². The molecule has 1 fully saturated rings. The van der Waals surface area contributed by atoms with Crippen LogP contribution in [0.3, 0.4) is 0 Å². The highest BCUT2D eigenvalue weighted by molar-refractivity contribution is 6.23. The molecule has 0 saturated carbocycles. The summed E-state index contributed by atoms with van der Waals surface area (Å²) in [5.74, 6) is -0.623. The molecule has 0 radical (unpaired) electrons. The van der Waals surface area contributed by atoms with Crippen LogP contribution in [0.5, 0.6) is 11.5 Å². The van der Waals surface area contributed by atoms with E-state index in [0.717, 1.165) is 10.8 Å². The Morgan fingerprint density at radius 2 is 1.73 bits per heavy atom. The molecule has 4 rings (SSSR count). The third kappa shape index (κ3) is 2.49. The lowest BCUT2D eigenvalue weighted by atomic mass is 9.91. The van der Waals surface area contributed by atoms with E-state index in [1.807, 2.05) is 24.3 Å². The van der Waals surface area contributed by atoms with Gasteiger partial charge in [0.1, 0.15) is 11.5 Å². The number of anilines is 1. The topological polar surface area (TPSA) is 66.8 Å². The van der Waals surface area contributed by atoms with Gasteiger partial charge in [0.25, 0.3) is 0 Å². The van der Waals surface area contributed by atoms with Gasteiger partial charge in [-0.2, -0.15) is 0 Å². The van der Waals surface area contributed by atoms with Gasteiger partial charge in [0.2, 0.25) is 11.8 Å². The third-order valence-electron chi connectivity index (χ3n) is 4.77. The second-order valence-electron chi connectivity index (χ2n) is 6.24. The molecule has 5 heteroatoms. The lowest BCUT2D eigenvalue weighted by Crippen LogP contribution is -2.30. The van der Waals surface area contributed by atoms with Crippen LogP contribution < -0.4 is 9.64 Å². The molecule has 1 aliphatic heterocycles. The van der Waals surface area contributed by atoms with Gasteiger partial charge >= 0.3 is 0 Å². The summed E-state index contributed by atoms with van der Waals surface area (Å²) >= 11 is 0. The summed E-state index contributed by atoms with van der Waals surface area (Å²) in [6.07, 6.45) is 0.0342. The summed E-state index contributed by atoms with van der Waals surface area (Å²) in [7, 11) is 1.56. The lowest BCUT2D eigenvalue weighted by molar-refractivity contribution is -0.121. The van der Waals surface area contributed by atoms with E-state index < -0.39 is 5.92 Å². The Bertz CT molecular complexity index is 1010. The molecule has 2 amide bonds. The first-order chi connectivity index (χ1) is 12.6. The second-order valence-corrected chi connectivity index (χ2v) is 6.24. The molecule has 0 aromatic heterocycles. The zero-order valence-corrected chi connectivity index (χ0v) is 14.2. The highest BCUT2D eigenvalue weighted by Gasteiger charge is 2.42. The molecule has 1 atom stereocenters. The van der Waals surface area contributed by atoms with Crippen molar-refractivity contribution >= 4 is 28.3 Å². The number of phenols is 1. The molecule has 3 aromatic carbocycles. The molecule has 5 nitrogen and oxygen atoms in total. The van der Waals surface area contributed by atoms with E-state index >= 15 is 0 Å². The molecule has 1 unspecified atom stereocenters. The van der Waals surface area contributed by atoms with Gasteiger partial charge in [0, 0.05) is 12.0 Å². The number of benzene rings is 3. The molecule has 0 aliphatic carbocycles. The van der Waals surface area contributed by atoms with Crippen LogP contribution in [0, 0.1) is 0 Å². The quantitative estimate of drug-likeness (QED) is 0.735.